The molecule has 1 aromatic rings. The zero-order chi connectivity index (χ0) is 18.3. The first-order valence-corrected chi connectivity index (χ1v) is 7.45. The maximum Gasteiger partial charge on any atom is 0.413 e. The fourth-order valence-corrected chi connectivity index (χ4v) is 1.89. The van der Waals surface area contributed by atoms with Crippen molar-refractivity contribution in [3.63, 3.8) is 0 Å². The summed E-state index contributed by atoms with van der Waals surface area (Å²) < 4.78 is 14.7. The van der Waals surface area contributed by atoms with Crippen LogP contribution in [-0.2, 0) is 24.5 Å². The van der Waals surface area contributed by atoms with Gasteiger partial charge in [0.2, 0.25) is 0 Å². The molecule has 0 aliphatic heterocycles. The Morgan fingerprint density at radius 1 is 1.17 bits per heavy atom. The predicted octanol–water partition coefficient (Wildman–Crippen LogP) is 2.18. The van der Waals surface area contributed by atoms with Gasteiger partial charge < -0.3 is 14.2 Å². The highest BCUT2D eigenvalue weighted by Gasteiger charge is 2.22. The monoisotopic (exact) mass is 337 g/mol. The van der Waals surface area contributed by atoms with Crippen LogP contribution in [0.1, 0.15) is 33.3 Å². The Morgan fingerprint density at radius 2 is 1.79 bits per heavy atom. The topological polar surface area (TPSA) is 90.9 Å². The van der Waals surface area contributed by atoms with Crippen LogP contribution in [0.2, 0.25) is 0 Å². The average Bonchev–Trinajstić information content (AvgIpc) is 2.52. The lowest BCUT2D eigenvalue weighted by Gasteiger charge is -2.22. The van der Waals surface area contributed by atoms with Crippen LogP contribution in [0.15, 0.2) is 24.3 Å². The van der Waals surface area contributed by atoms with Crippen molar-refractivity contribution in [1.29, 1.82) is 0 Å². The minimum absolute atomic E-state index is 0.145. The molecule has 1 aromatic carbocycles. The van der Waals surface area contributed by atoms with Gasteiger partial charge in [-0.05, 0) is 24.0 Å². The molecule has 0 unspecified atom stereocenters. The third kappa shape index (κ3) is 5.91. The number of alkyl carbamates (subject to hydrolysis) is 1. The summed E-state index contributed by atoms with van der Waals surface area (Å²) in [5, 5.41) is 1.92. The Balaban J connectivity index is 2.59. The smallest absolute Gasteiger partial charge is 0.413 e. The van der Waals surface area contributed by atoms with E-state index in [-0.39, 0.29) is 12.0 Å². The molecule has 7 heteroatoms. The second-order valence-electron chi connectivity index (χ2n) is 6.15. The van der Waals surface area contributed by atoms with Gasteiger partial charge in [-0.15, -0.1) is 0 Å². The number of esters is 1. The molecular weight excluding hydrogens is 314 g/mol. The van der Waals surface area contributed by atoms with E-state index >= 15 is 0 Å². The van der Waals surface area contributed by atoms with E-state index in [1.807, 2.05) is 44.3 Å². The number of hydrogen-bond acceptors (Lipinski definition) is 6. The molecule has 0 radical (unpaired) electrons. The zero-order valence-electron chi connectivity index (χ0n) is 14.5. The van der Waals surface area contributed by atoms with E-state index in [4.69, 9.17) is 9.47 Å². The van der Waals surface area contributed by atoms with Crippen molar-refractivity contribution < 1.29 is 28.6 Å². The minimum atomic E-state index is -1.14. The maximum absolute atomic E-state index is 11.8. The molecule has 0 bridgehead atoms. The second-order valence-corrected chi connectivity index (χ2v) is 6.15. The van der Waals surface area contributed by atoms with Gasteiger partial charge in [0, 0.05) is 0 Å². The molecule has 24 heavy (non-hydrogen) atoms. The van der Waals surface area contributed by atoms with Gasteiger partial charge in [0.15, 0.2) is 12.7 Å². The summed E-state index contributed by atoms with van der Waals surface area (Å²) in [6.45, 7) is 7.11. The lowest BCUT2D eigenvalue weighted by Crippen LogP contribution is -2.40. The number of amides is 2. The molecule has 0 heterocycles. The van der Waals surface area contributed by atoms with E-state index in [1.54, 1.807) is 6.07 Å². The maximum atomic E-state index is 11.8. The van der Waals surface area contributed by atoms with Gasteiger partial charge in [-0.2, -0.15) is 0 Å². The second kappa shape index (κ2) is 8.33. The quantitative estimate of drug-likeness (QED) is 0.828. The summed E-state index contributed by atoms with van der Waals surface area (Å²) >= 11 is 0. The van der Waals surface area contributed by atoms with E-state index in [1.165, 1.54) is 6.92 Å². The van der Waals surface area contributed by atoms with Crippen LogP contribution < -0.4 is 10.1 Å². The van der Waals surface area contributed by atoms with Gasteiger partial charge in [-0.25, -0.2) is 9.59 Å². The Morgan fingerprint density at radius 3 is 2.38 bits per heavy atom. The van der Waals surface area contributed by atoms with Gasteiger partial charge >= 0.3 is 12.1 Å². The van der Waals surface area contributed by atoms with Crippen LogP contribution in [0.3, 0.4) is 0 Å². The minimum Gasteiger partial charge on any atom is -0.482 e. The predicted molar refractivity (Wildman–Crippen MR) is 86.7 cm³/mol. The molecule has 0 saturated carbocycles. The number of rotatable bonds is 5. The van der Waals surface area contributed by atoms with Crippen molar-refractivity contribution in [2.75, 3.05) is 13.7 Å². The first-order chi connectivity index (χ1) is 11.1. The standard InChI is InChI=1S/C17H23NO6/c1-11(15(20)18-16(21)22-5)24-14(19)10-23-13-9-7-6-8-12(13)17(2,3)4/h6-9,11H,10H2,1-5H3,(H,18,20,21)/t11-/m1/s1. The van der Waals surface area contributed by atoms with E-state index in [9.17, 15) is 14.4 Å². The Hall–Kier alpha value is -2.57. The molecule has 7 nitrogen and oxygen atoms in total. The number of imide groups is 1. The molecule has 0 saturated heterocycles. The number of benzene rings is 1. The third-order valence-electron chi connectivity index (χ3n) is 3.13. The number of carbonyl (C=O) groups is 3. The molecule has 1 rings (SSSR count). The van der Waals surface area contributed by atoms with Crippen molar-refractivity contribution in [1.82, 2.24) is 5.32 Å². The van der Waals surface area contributed by atoms with Crippen LogP contribution in [0, 0.1) is 0 Å². The summed E-state index contributed by atoms with van der Waals surface area (Å²) in [5.74, 6) is -0.912. The van der Waals surface area contributed by atoms with Crippen molar-refractivity contribution in [2.45, 2.75) is 39.2 Å². The number of ether oxygens (including phenoxy) is 3. The molecule has 0 spiro atoms. The number of methoxy groups -OCH3 is 1. The van der Waals surface area contributed by atoms with Gasteiger partial charge in [0.25, 0.3) is 5.91 Å². The van der Waals surface area contributed by atoms with Crippen LogP contribution in [-0.4, -0.2) is 37.8 Å². The molecule has 1 atom stereocenters. The molecule has 132 valence electrons. The number of nitrogens with one attached hydrogen (secondary N) is 1. The molecular formula is C17H23NO6. The van der Waals surface area contributed by atoms with Gasteiger partial charge in [0.05, 0.1) is 7.11 Å². The summed E-state index contributed by atoms with van der Waals surface area (Å²) in [7, 11) is 1.12. The molecule has 0 aromatic heterocycles. The molecule has 0 aliphatic carbocycles. The SMILES string of the molecule is COC(=O)NC(=O)[C@@H](C)OC(=O)COc1ccccc1C(C)(C)C. The van der Waals surface area contributed by atoms with Crippen LogP contribution in [0.25, 0.3) is 0 Å². The summed E-state index contributed by atoms with van der Waals surface area (Å²) in [5.41, 5.74) is 0.808. The van der Waals surface area contributed by atoms with Crippen molar-refractivity contribution in [3.8, 4) is 5.75 Å². The zero-order valence-corrected chi connectivity index (χ0v) is 14.5. The summed E-state index contributed by atoms with van der Waals surface area (Å²) in [6.07, 6.45) is -2.06. The Labute approximate surface area is 141 Å². The van der Waals surface area contributed by atoms with E-state index in [0.717, 1.165) is 12.7 Å². The first kappa shape index (κ1) is 19.5. The van der Waals surface area contributed by atoms with E-state index in [0.29, 0.717) is 5.75 Å². The van der Waals surface area contributed by atoms with Gasteiger partial charge in [-0.3, -0.25) is 10.1 Å². The first-order valence-electron chi connectivity index (χ1n) is 7.45. The van der Waals surface area contributed by atoms with Crippen LogP contribution >= 0.6 is 0 Å². The van der Waals surface area contributed by atoms with Crippen LogP contribution in [0.4, 0.5) is 4.79 Å². The number of carbonyl (C=O) groups excluding carboxylic acids is 3. The van der Waals surface area contributed by atoms with Crippen LogP contribution in [0.5, 0.6) is 5.75 Å². The summed E-state index contributed by atoms with van der Waals surface area (Å²) in [4.78, 5) is 34.3. The Bertz CT molecular complexity index is 605. The lowest BCUT2D eigenvalue weighted by molar-refractivity contribution is -0.156. The average molecular weight is 337 g/mol. The summed E-state index contributed by atoms with van der Waals surface area (Å²) in [6, 6.07) is 7.39. The fourth-order valence-electron chi connectivity index (χ4n) is 1.89. The van der Waals surface area contributed by atoms with Gasteiger partial charge in [0.1, 0.15) is 5.75 Å². The van der Waals surface area contributed by atoms with Crippen molar-refractivity contribution >= 4 is 18.0 Å². The van der Waals surface area contributed by atoms with E-state index < -0.39 is 24.1 Å². The number of para-hydroxylation sites is 1. The lowest BCUT2D eigenvalue weighted by atomic mass is 9.86. The third-order valence-corrected chi connectivity index (χ3v) is 3.13. The fraction of sp³-hybridized carbons (Fsp3) is 0.471. The van der Waals surface area contributed by atoms with E-state index in [2.05, 4.69) is 4.74 Å². The highest BCUT2D eigenvalue weighted by Crippen LogP contribution is 2.30. The van der Waals surface area contributed by atoms with Crippen molar-refractivity contribution in [2.24, 2.45) is 0 Å². The highest BCUT2D eigenvalue weighted by atomic mass is 16.6. The molecule has 2 amide bonds. The normalized spacial score (nSPS) is 12.0. The number of hydrogen-bond donors (Lipinski definition) is 1. The largest absolute Gasteiger partial charge is 0.482 e. The molecule has 1 N–H and O–H groups in total. The molecule has 0 aliphatic rings. The van der Waals surface area contributed by atoms with Crippen molar-refractivity contribution in [3.05, 3.63) is 29.8 Å². The molecule has 0 fully saturated rings. The van der Waals surface area contributed by atoms with Gasteiger partial charge in [-0.1, -0.05) is 39.0 Å². The highest BCUT2D eigenvalue weighted by molar-refractivity contribution is 5.95. The Kier molecular flexibility index (Phi) is 6.76.